The van der Waals surface area contributed by atoms with Crippen molar-refractivity contribution in [1.29, 1.82) is 0 Å². The number of rotatable bonds is 2. The van der Waals surface area contributed by atoms with Gasteiger partial charge in [0.15, 0.2) is 5.65 Å². The van der Waals surface area contributed by atoms with Crippen molar-refractivity contribution in [3.63, 3.8) is 0 Å². The highest BCUT2D eigenvalue weighted by Gasteiger charge is 2.06. The van der Waals surface area contributed by atoms with E-state index in [1.54, 1.807) is 30.7 Å². The smallest absolute Gasteiger partial charge is 0.350 e. The lowest BCUT2D eigenvalue weighted by molar-refractivity contribution is 0.659. The third-order valence-corrected chi connectivity index (χ3v) is 2.70. The molecule has 0 saturated heterocycles. The molecule has 0 unspecified atom stereocenters. The second-order valence-electron chi connectivity index (χ2n) is 3.99. The maximum absolute atomic E-state index is 12.0. The number of hydrogen-bond acceptors (Lipinski definition) is 4. The Morgan fingerprint density at radius 1 is 1.22 bits per heavy atom. The molecule has 0 aliphatic heterocycles. The van der Waals surface area contributed by atoms with Gasteiger partial charge in [0.2, 0.25) is 0 Å². The number of nitrogen functional groups attached to an aromatic ring is 1. The van der Waals surface area contributed by atoms with E-state index in [1.165, 1.54) is 9.08 Å². The van der Waals surface area contributed by atoms with Crippen LogP contribution in [0.5, 0.6) is 0 Å². The lowest BCUT2D eigenvalue weighted by atomic mass is 10.2. The molecule has 0 atom stereocenters. The molecule has 0 aliphatic carbocycles. The lowest BCUT2D eigenvalue weighted by Gasteiger charge is -2.00. The van der Waals surface area contributed by atoms with Crippen LogP contribution in [-0.2, 0) is 6.54 Å². The predicted octanol–water partition coefficient (Wildman–Crippen LogP) is 0.521. The molecule has 0 amide bonds. The Kier molecular flexibility index (Phi) is 2.33. The van der Waals surface area contributed by atoms with Crippen molar-refractivity contribution in [3.8, 4) is 0 Å². The van der Waals surface area contributed by atoms with Crippen molar-refractivity contribution in [2.45, 2.75) is 6.54 Å². The first-order valence-corrected chi connectivity index (χ1v) is 5.47. The van der Waals surface area contributed by atoms with Crippen molar-refractivity contribution in [3.05, 3.63) is 58.9 Å². The fourth-order valence-electron chi connectivity index (χ4n) is 1.78. The van der Waals surface area contributed by atoms with Gasteiger partial charge in [0.1, 0.15) is 0 Å². The molecular weight excluding hydrogens is 230 g/mol. The minimum Gasteiger partial charge on any atom is -0.399 e. The Labute approximate surface area is 102 Å². The summed E-state index contributed by atoms with van der Waals surface area (Å²) < 4.78 is 2.87. The molecule has 2 heterocycles. The highest BCUT2D eigenvalue weighted by atomic mass is 16.2. The first-order chi connectivity index (χ1) is 8.74. The number of nitrogens with two attached hydrogens (primary N) is 1. The summed E-state index contributed by atoms with van der Waals surface area (Å²) in [6, 6.07) is 7.36. The predicted molar refractivity (Wildman–Crippen MR) is 67.2 cm³/mol. The average molecular weight is 241 g/mol. The van der Waals surface area contributed by atoms with Crippen LogP contribution in [0, 0.1) is 0 Å². The Morgan fingerprint density at radius 2 is 2.00 bits per heavy atom. The number of aromatic nitrogens is 4. The molecule has 6 nitrogen and oxygen atoms in total. The van der Waals surface area contributed by atoms with Gasteiger partial charge in [0.05, 0.1) is 12.7 Å². The van der Waals surface area contributed by atoms with Gasteiger partial charge in [-0.15, -0.1) is 5.10 Å². The van der Waals surface area contributed by atoms with Gasteiger partial charge in [-0.05, 0) is 17.7 Å². The van der Waals surface area contributed by atoms with E-state index in [1.807, 2.05) is 12.1 Å². The quantitative estimate of drug-likeness (QED) is 0.663. The van der Waals surface area contributed by atoms with Crippen LogP contribution in [0.4, 0.5) is 5.69 Å². The fraction of sp³-hybridized carbons (Fsp3) is 0.0833. The molecule has 0 spiro atoms. The van der Waals surface area contributed by atoms with Crippen molar-refractivity contribution in [2.24, 2.45) is 0 Å². The maximum Gasteiger partial charge on any atom is 0.350 e. The highest BCUT2D eigenvalue weighted by Crippen LogP contribution is 2.06. The Balaban J connectivity index is 2.02. The molecule has 0 radical (unpaired) electrons. The highest BCUT2D eigenvalue weighted by molar-refractivity contribution is 5.39. The van der Waals surface area contributed by atoms with Crippen molar-refractivity contribution in [1.82, 2.24) is 19.2 Å². The molecule has 1 aromatic carbocycles. The molecule has 3 rings (SSSR count). The minimum absolute atomic E-state index is 0.177. The van der Waals surface area contributed by atoms with E-state index in [0.717, 1.165) is 5.56 Å². The normalized spacial score (nSPS) is 10.9. The zero-order chi connectivity index (χ0) is 12.5. The molecule has 0 bridgehead atoms. The summed E-state index contributed by atoms with van der Waals surface area (Å²) in [4.78, 5) is 15.9. The van der Waals surface area contributed by atoms with Crippen molar-refractivity contribution < 1.29 is 0 Å². The van der Waals surface area contributed by atoms with Crippen LogP contribution in [0.2, 0.25) is 0 Å². The first-order valence-electron chi connectivity index (χ1n) is 5.47. The van der Waals surface area contributed by atoms with E-state index < -0.39 is 0 Å². The lowest BCUT2D eigenvalue weighted by Crippen LogP contribution is -2.21. The number of anilines is 1. The van der Waals surface area contributed by atoms with Crippen LogP contribution >= 0.6 is 0 Å². The molecule has 3 aromatic rings. The Morgan fingerprint density at radius 3 is 2.72 bits per heavy atom. The largest absolute Gasteiger partial charge is 0.399 e. The van der Waals surface area contributed by atoms with Gasteiger partial charge in [-0.1, -0.05) is 12.1 Å². The van der Waals surface area contributed by atoms with Crippen LogP contribution < -0.4 is 11.4 Å². The molecule has 6 heteroatoms. The van der Waals surface area contributed by atoms with Crippen LogP contribution in [-0.4, -0.2) is 19.2 Å². The van der Waals surface area contributed by atoms with Gasteiger partial charge in [-0.3, -0.25) is 4.98 Å². The molecule has 90 valence electrons. The number of benzene rings is 1. The van der Waals surface area contributed by atoms with Crippen LogP contribution in [0.15, 0.2) is 47.7 Å². The molecule has 2 N–H and O–H groups in total. The molecular formula is C12H11N5O. The fourth-order valence-corrected chi connectivity index (χ4v) is 1.78. The molecule has 0 fully saturated rings. The van der Waals surface area contributed by atoms with Crippen LogP contribution in [0.3, 0.4) is 0 Å². The van der Waals surface area contributed by atoms with E-state index in [4.69, 9.17) is 5.73 Å². The van der Waals surface area contributed by atoms with Gasteiger partial charge in [-0.25, -0.2) is 13.9 Å². The van der Waals surface area contributed by atoms with Gasteiger partial charge in [0, 0.05) is 18.1 Å². The van der Waals surface area contributed by atoms with E-state index in [-0.39, 0.29) is 5.69 Å². The summed E-state index contributed by atoms with van der Waals surface area (Å²) in [5, 5.41) is 4.20. The number of hydrogen-bond donors (Lipinski definition) is 1. The van der Waals surface area contributed by atoms with E-state index in [9.17, 15) is 4.79 Å². The summed E-state index contributed by atoms with van der Waals surface area (Å²) in [5.74, 6) is 0. The third kappa shape index (κ3) is 1.73. The summed E-state index contributed by atoms with van der Waals surface area (Å²) >= 11 is 0. The van der Waals surface area contributed by atoms with Gasteiger partial charge in [0.25, 0.3) is 0 Å². The summed E-state index contributed by atoms with van der Waals surface area (Å²) in [6.45, 7) is 0.417. The van der Waals surface area contributed by atoms with E-state index in [0.29, 0.717) is 17.9 Å². The van der Waals surface area contributed by atoms with E-state index in [2.05, 4.69) is 10.1 Å². The van der Waals surface area contributed by atoms with Gasteiger partial charge < -0.3 is 5.73 Å². The van der Waals surface area contributed by atoms with E-state index >= 15 is 0 Å². The maximum atomic E-state index is 12.0. The number of fused-ring (bicyclic) bond motifs is 1. The van der Waals surface area contributed by atoms with Crippen LogP contribution in [0.1, 0.15) is 5.56 Å². The zero-order valence-electron chi connectivity index (χ0n) is 9.52. The topological polar surface area (TPSA) is 78.2 Å². The second kappa shape index (κ2) is 3.99. The molecule has 0 saturated carbocycles. The summed E-state index contributed by atoms with van der Waals surface area (Å²) in [6.07, 6.45) is 4.72. The Hall–Kier alpha value is -2.63. The second-order valence-corrected chi connectivity index (χ2v) is 3.99. The number of nitrogens with zero attached hydrogens (tertiary/aromatic N) is 4. The average Bonchev–Trinajstić information content (AvgIpc) is 2.70. The monoisotopic (exact) mass is 241 g/mol. The molecule has 2 aromatic heterocycles. The SMILES string of the molecule is Nc1ccc(Cn2nc3cnccn3c2=O)cc1. The standard InChI is InChI=1S/C12H11N5O/c13-10-3-1-9(2-4-10)8-17-12(18)16-6-5-14-7-11(16)15-17/h1-7H,8,13H2. The minimum atomic E-state index is -0.177. The zero-order valence-corrected chi connectivity index (χ0v) is 9.52. The Bertz CT molecular complexity index is 741. The van der Waals surface area contributed by atoms with Crippen molar-refractivity contribution >= 4 is 11.3 Å². The van der Waals surface area contributed by atoms with Gasteiger partial charge >= 0.3 is 5.69 Å². The summed E-state index contributed by atoms with van der Waals surface area (Å²) in [7, 11) is 0. The first kappa shape index (κ1) is 10.5. The van der Waals surface area contributed by atoms with Crippen LogP contribution in [0.25, 0.3) is 5.65 Å². The summed E-state index contributed by atoms with van der Waals surface area (Å²) in [5.41, 5.74) is 7.65. The van der Waals surface area contributed by atoms with Crippen molar-refractivity contribution in [2.75, 3.05) is 5.73 Å². The molecule has 0 aliphatic rings. The third-order valence-electron chi connectivity index (χ3n) is 2.70. The molecule has 18 heavy (non-hydrogen) atoms. The van der Waals surface area contributed by atoms with Gasteiger partial charge in [-0.2, -0.15) is 0 Å².